The molecule has 5 heteroatoms. The van der Waals surface area contributed by atoms with Gasteiger partial charge < -0.3 is 0 Å². The number of rotatable bonds is 3. The Kier molecular flexibility index (Phi) is 4.30. The lowest BCUT2D eigenvalue weighted by Crippen LogP contribution is -2.27. The first-order valence-corrected chi connectivity index (χ1v) is 8.10. The summed E-state index contributed by atoms with van der Waals surface area (Å²) < 4.78 is 0. The van der Waals surface area contributed by atoms with E-state index in [2.05, 4.69) is 4.98 Å². The van der Waals surface area contributed by atoms with Gasteiger partial charge >= 0.3 is 0 Å². The first-order valence-electron chi connectivity index (χ1n) is 7.28. The number of aryl methyl sites for hydroxylation is 2. The Labute approximate surface area is 139 Å². The Morgan fingerprint density at radius 1 is 1.09 bits per heavy atom. The molecule has 23 heavy (non-hydrogen) atoms. The zero-order chi connectivity index (χ0) is 16.4. The van der Waals surface area contributed by atoms with Crippen LogP contribution in [0, 0.1) is 13.8 Å². The minimum absolute atomic E-state index is 0.239. The van der Waals surface area contributed by atoms with Gasteiger partial charge in [0, 0.05) is 5.69 Å². The van der Waals surface area contributed by atoms with Crippen LogP contribution in [0.3, 0.4) is 0 Å². The number of amides is 2. The number of benzene rings is 1. The van der Waals surface area contributed by atoms with Gasteiger partial charge in [0.25, 0.3) is 11.1 Å². The van der Waals surface area contributed by atoms with Gasteiger partial charge in [0.1, 0.15) is 0 Å². The van der Waals surface area contributed by atoms with Gasteiger partial charge in [-0.05, 0) is 54.9 Å². The van der Waals surface area contributed by atoms with E-state index in [9.17, 15) is 9.59 Å². The highest BCUT2D eigenvalue weighted by molar-refractivity contribution is 8.18. The van der Waals surface area contributed by atoms with Crippen LogP contribution in [0.4, 0.5) is 4.79 Å². The molecule has 0 unspecified atom stereocenters. The molecule has 1 fully saturated rings. The molecule has 1 saturated heterocycles. The summed E-state index contributed by atoms with van der Waals surface area (Å²) in [7, 11) is 0. The number of nitrogens with zero attached hydrogens (tertiary/aromatic N) is 2. The molecule has 116 valence electrons. The molecule has 0 atom stereocenters. The maximum Gasteiger partial charge on any atom is 0.293 e. The van der Waals surface area contributed by atoms with E-state index < -0.39 is 0 Å². The fraction of sp³-hybridized carbons (Fsp3) is 0.167. The van der Waals surface area contributed by atoms with E-state index in [4.69, 9.17) is 0 Å². The van der Waals surface area contributed by atoms with Crippen molar-refractivity contribution in [1.29, 1.82) is 0 Å². The molecule has 0 saturated carbocycles. The van der Waals surface area contributed by atoms with Gasteiger partial charge in [-0.1, -0.05) is 30.3 Å². The first-order chi connectivity index (χ1) is 11.0. The molecule has 0 bridgehead atoms. The van der Waals surface area contributed by atoms with E-state index >= 15 is 0 Å². The number of aromatic nitrogens is 1. The molecule has 0 spiro atoms. The van der Waals surface area contributed by atoms with Gasteiger partial charge in [0.05, 0.1) is 17.1 Å². The number of hydrogen-bond donors (Lipinski definition) is 0. The van der Waals surface area contributed by atoms with Crippen molar-refractivity contribution in [3.63, 3.8) is 0 Å². The molecule has 3 rings (SSSR count). The standard InChI is InChI=1S/C18H16N2O2S/c1-12-6-3-4-8-14(12)11-20-17(21)16(23-18(20)22)10-15-9-5-7-13(2)19-15/h3-10H,11H2,1-2H3/b16-10-. The molecule has 1 aliphatic heterocycles. The van der Waals surface area contributed by atoms with Crippen LogP contribution in [-0.4, -0.2) is 21.0 Å². The zero-order valence-corrected chi connectivity index (χ0v) is 13.8. The molecular formula is C18H16N2O2S. The molecule has 1 aromatic heterocycles. The van der Waals surface area contributed by atoms with Crippen LogP contribution in [0.1, 0.15) is 22.5 Å². The first kappa shape index (κ1) is 15.5. The molecule has 0 aliphatic carbocycles. The zero-order valence-electron chi connectivity index (χ0n) is 12.9. The second-order valence-corrected chi connectivity index (χ2v) is 6.39. The molecule has 2 amide bonds. The molecule has 1 aliphatic rings. The Balaban J connectivity index is 1.84. The number of pyridine rings is 1. The summed E-state index contributed by atoms with van der Waals surface area (Å²) in [4.78, 5) is 30.7. The fourth-order valence-corrected chi connectivity index (χ4v) is 3.20. The van der Waals surface area contributed by atoms with Crippen molar-refractivity contribution in [1.82, 2.24) is 9.88 Å². The minimum Gasteiger partial charge on any atom is -0.268 e. The van der Waals surface area contributed by atoms with Crippen molar-refractivity contribution in [3.8, 4) is 0 Å². The van der Waals surface area contributed by atoms with Crippen molar-refractivity contribution >= 4 is 29.0 Å². The number of hydrogen-bond acceptors (Lipinski definition) is 4. The summed E-state index contributed by atoms with van der Waals surface area (Å²) >= 11 is 0.966. The second kappa shape index (κ2) is 6.38. The predicted molar refractivity (Wildman–Crippen MR) is 91.7 cm³/mol. The summed E-state index contributed by atoms with van der Waals surface area (Å²) in [6, 6.07) is 13.4. The summed E-state index contributed by atoms with van der Waals surface area (Å²) in [5.74, 6) is -0.258. The van der Waals surface area contributed by atoms with Gasteiger partial charge in [0.15, 0.2) is 0 Å². The quantitative estimate of drug-likeness (QED) is 0.803. The van der Waals surface area contributed by atoms with Crippen LogP contribution >= 0.6 is 11.8 Å². The summed E-state index contributed by atoms with van der Waals surface area (Å²) in [6.07, 6.45) is 1.68. The van der Waals surface area contributed by atoms with Crippen LogP contribution in [0.25, 0.3) is 6.08 Å². The Hall–Kier alpha value is -2.40. The van der Waals surface area contributed by atoms with Crippen LogP contribution in [-0.2, 0) is 11.3 Å². The smallest absolute Gasteiger partial charge is 0.268 e. The van der Waals surface area contributed by atoms with Crippen LogP contribution in [0.15, 0.2) is 47.4 Å². The minimum atomic E-state index is -0.258. The van der Waals surface area contributed by atoms with Crippen molar-refractivity contribution in [2.75, 3.05) is 0 Å². The highest BCUT2D eigenvalue weighted by atomic mass is 32.2. The van der Waals surface area contributed by atoms with Crippen molar-refractivity contribution < 1.29 is 9.59 Å². The highest BCUT2D eigenvalue weighted by Crippen LogP contribution is 2.33. The third-order valence-electron chi connectivity index (χ3n) is 3.65. The molecule has 1 aromatic carbocycles. The molecule has 2 heterocycles. The van der Waals surface area contributed by atoms with Gasteiger partial charge in [-0.25, -0.2) is 0 Å². The monoisotopic (exact) mass is 324 g/mol. The Morgan fingerprint density at radius 3 is 2.61 bits per heavy atom. The van der Waals surface area contributed by atoms with Crippen LogP contribution in [0.2, 0.25) is 0 Å². The van der Waals surface area contributed by atoms with E-state index in [1.165, 1.54) is 4.90 Å². The Morgan fingerprint density at radius 2 is 1.87 bits per heavy atom. The normalized spacial score (nSPS) is 16.4. The number of carbonyl (C=O) groups excluding carboxylic acids is 2. The van der Waals surface area contributed by atoms with Gasteiger partial charge in [-0.2, -0.15) is 0 Å². The largest absolute Gasteiger partial charge is 0.293 e. The second-order valence-electron chi connectivity index (χ2n) is 5.40. The molecular weight excluding hydrogens is 308 g/mol. The maximum absolute atomic E-state index is 12.5. The van der Waals surface area contributed by atoms with Gasteiger partial charge in [-0.3, -0.25) is 19.5 Å². The van der Waals surface area contributed by atoms with Crippen molar-refractivity contribution in [2.24, 2.45) is 0 Å². The van der Waals surface area contributed by atoms with Crippen LogP contribution in [0.5, 0.6) is 0 Å². The lowest BCUT2D eigenvalue weighted by molar-refractivity contribution is -0.123. The van der Waals surface area contributed by atoms with Crippen molar-refractivity contribution in [2.45, 2.75) is 20.4 Å². The molecule has 2 aromatic rings. The average molecular weight is 324 g/mol. The van der Waals surface area contributed by atoms with Crippen molar-refractivity contribution in [3.05, 3.63) is 69.9 Å². The van der Waals surface area contributed by atoms with Gasteiger partial charge in [0.2, 0.25) is 0 Å². The van der Waals surface area contributed by atoms with E-state index in [1.807, 2.05) is 56.3 Å². The molecule has 4 nitrogen and oxygen atoms in total. The van der Waals surface area contributed by atoms with E-state index in [-0.39, 0.29) is 11.1 Å². The third kappa shape index (κ3) is 3.35. The van der Waals surface area contributed by atoms with E-state index in [0.29, 0.717) is 17.1 Å². The molecule has 0 N–H and O–H groups in total. The summed E-state index contributed by atoms with van der Waals surface area (Å²) in [6.45, 7) is 4.16. The Bertz CT molecular complexity index is 814. The number of carbonyl (C=O) groups is 2. The van der Waals surface area contributed by atoms with Gasteiger partial charge in [-0.15, -0.1) is 0 Å². The van der Waals surface area contributed by atoms with Crippen LogP contribution < -0.4 is 0 Å². The number of imide groups is 1. The summed E-state index contributed by atoms with van der Waals surface area (Å²) in [5, 5.41) is -0.239. The highest BCUT2D eigenvalue weighted by Gasteiger charge is 2.35. The summed E-state index contributed by atoms with van der Waals surface area (Å²) in [5.41, 5.74) is 3.60. The molecule has 0 radical (unpaired) electrons. The van der Waals surface area contributed by atoms with E-state index in [0.717, 1.165) is 28.6 Å². The predicted octanol–water partition coefficient (Wildman–Crippen LogP) is 3.93. The SMILES string of the molecule is Cc1cccc(/C=C2\SC(=O)N(Cc3ccccc3C)C2=O)n1. The number of thioether (sulfide) groups is 1. The topological polar surface area (TPSA) is 50.3 Å². The maximum atomic E-state index is 12.5. The average Bonchev–Trinajstić information content (AvgIpc) is 2.77. The third-order valence-corrected chi connectivity index (χ3v) is 4.56. The fourth-order valence-electron chi connectivity index (χ4n) is 2.37. The lowest BCUT2D eigenvalue weighted by atomic mass is 10.1. The van der Waals surface area contributed by atoms with E-state index in [1.54, 1.807) is 6.08 Å². The lowest BCUT2D eigenvalue weighted by Gasteiger charge is -2.14.